The van der Waals surface area contributed by atoms with Crippen molar-refractivity contribution in [2.24, 2.45) is 13.0 Å². The summed E-state index contributed by atoms with van der Waals surface area (Å²) in [5.41, 5.74) is 2.66. The van der Waals surface area contributed by atoms with Gasteiger partial charge in [0.15, 0.2) is 0 Å². The Morgan fingerprint density at radius 3 is 3.00 bits per heavy atom. The number of rotatable bonds is 4. The highest BCUT2D eigenvalue weighted by Gasteiger charge is 2.26. The molecule has 0 saturated carbocycles. The van der Waals surface area contributed by atoms with Crippen LogP contribution >= 0.6 is 0 Å². The first-order valence-electron chi connectivity index (χ1n) is 6.51. The Morgan fingerprint density at radius 2 is 2.35 bits per heavy atom. The predicted octanol–water partition coefficient (Wildman–Crippen LogP) is 1.40. The van der Waals surface area contributed by atoms with E-state index in [1.165, 1.54) is 17.7 Å². The summed E-state index contributed by atoms with van der Waals surface area (Å²) in [5, 5.41) is 17.3. The maximum atomic E-state index is 9.40. The highest BCUT2D eigenvalue weighted by Crippen LogP contribution is 2.29. The van der Waals surface area contributed by atoms with Gasteiger partial charge in [0.25, 0.3) is 0 Å². The first-order chi connectivity index (χ1) is 8.13. The standard InChI is InChI=1S/C13H23N3O/c1-9(2)12(8-17)15-11-5-4-6-13-10(11)7-14-16(13)3/h7,9,11-12,15,17H,4-6,8H2,1-3H3. The summed E-state index contributed by atoms with van der Waals surface area (Å²) < 4.78 is 1.98. The normalized spacial score (nSPS) is 21.6. The molecule has 4 nitrogen and oxygen atoms in total. The van der Waals surface area contributed by atoms with Crippen LogP contribution in [0.5, 0.6) is 0 Å². The van der Waals surface area contributed by atoms with Crippen molar-refractivity contribution >= 4 is 0 Å². The third-order valence-electron chi connectivity index (χ3n) is 3.79. The van der Waals surface area contributed by atoms with E-state index in [-0.39, 0.29) is 12.6 Å². The summed E-state index contributed by atoms with van der Waals surface area (Å²) in [7, 11) is 2.01. The molecular weight excluding hydrogens is 214 g/mol. The molecule has 2 atom stereocenters. The van der Waals surface area contributed by atoms with Crippen LogP contribution in [0, 0.1) is 5.92 Å². The van der Waals surface area contributed by atoms with Crippen molar-refractivity contribution in [3.05, 3.63) is 17.5 Å². The van der Waals surface area contributed by atoms with Crippen LogP contribution in [-0.2, 0) is 13.5 Å². The van der Waals surface area contributed by atoms with E-state index in [0.717, 1.165) is 12.8 Å². The summed E-state index contributed by atoms with van der Waals surface area (Å²) in [5.74, 6) is 0.446. The van der Waals surface area contributed by atoms with Gasteiger partial charge in [-0.3, -0.25) is 4.68 Å². The summed E-state index contributed by atoms with van der Waals surface area (Å²) in [6, 6.07) is 0.526. The second kappa shape index (κ2) is 5.19. The van der Waals surface area contributed by atoms with E-state index in [1.807, 2.05) is 17.9 Å². The van der Waals surface area contributed by atoms with Gasteiger partial charge in [0.1, 0.15) is 0 Å². The van der Waals surface area contributed by atoms with Crippen molar-refractivity contribution in [2.45, 2.75) is 45.2 Å². The SMILES string of the molecule is CC(C)C(CO)NC1CCCc2c1cnn2C. The molecule has 0 aliphatic heterocycles. The minimum absolute atomic E-state index is 0.172. The van der Waals surface area contributed by atoms with Crippen LogP contribution in [0.1, 0.15) is 44.0 Å². The fourth-order valence-electron chi connectivity index (χ4n) is 2.59. The number of aromatic nitrogens is 2. The Bertz CT molecular complexity index is 373. The number of nitrogens with one attached hydrogen (secondary N) is 1. The maximum Gasteiger partial charge on any atom is 0.0587 e. The quantitative estimate of drug-likeness (QED) is 0.832. The maximum absolute atomic E-state index is 9.40. The van der Waals surface area contributed by atoms with Gasteiger partial charge >= 0.3 is 0 Å². The molecule has 0 aromatic carbocycles. The van der Waals surface area contributed by atoms with E-state index in [0.29, 0.717) is 12.0 Å². The number of hydrogen-bond donors (Lipinski definition) is 2. The summed E-state index contributed by atoms with van der Waals surface area (Å²) in [4.78, 5) is 0. The topological polar surface area (TPSA) is 50.1 Å². The lowest BCUT2D eigenvalue weighted by atomic mass is 9.91. The Labute approximate surface area is 103 Å². The van der Waals surface area contributed by atoms with E-state index in [1.54, 1.807) is 0 Å². The molecule has 4 heteroatoms. The van der Waals surface area contributed by atoms with E-state index in [2.05, 4.69) is 24.3 Å². The van der Waals surface area contributed by atoms with Gasteiger partial charge in [0.05, 0.1) is 12.8 Å². The molecule has 0 radical (unpaired) electrons. The highest BCUT2D eigenvalue weighted by atomic mass is 16.3. The van der Waals surface area contributed by atoms with Gasteiger partial charge in [-0.2, -0.15) is 5.10 Å². The number of nitrogens with zero attached hydrogens (tertiary/aromatic N) is 2. The molecule has 96 valence electrons. The third kappa shape index (κ3) is 2.53. The predicted molar refractivity (Wildman–Crippen MR) is 67.7 cm³/mol. The molecule has 0 amide bonds. The fourth-order valence-corrected chi connectivity index (χ4v) is 2.59. The number of hydrogen-bond acceptors (Lipinski definition) is 3. The first-order valence-corrected chi connectivity index (χ1v) is 6.51. The zero-order chi connectivity index (χ0) is 12.4. The molecule has 2 unspecified atom stereocenters. The monoisotopic (exact) mass is 237 g/mol. The Kier molecular flexibility index (Phi) is 3.84. The molecule has 0 bridgehead atoms. The second-order valence-electron chi connectivity index (χ2n) is 5.31. The van der Waals surface area contributed by atoms with Crippen LogP contribution in [0.2, 0.25) is 0 Å². The van der Waals surface area contributed by atoms with Crippen molar-refractivity contribution in [1.82, 2.24) is 15.1 Å². The largest absolute Gasteiger partial charge is 0.395 e. The molecule has 0 saturated heterocycles. The molecule has 1 aromatic rings. The van der Waals surface area contributed by atoms with Crippen molar-refractivity contribution in [2.75, 3.05) is 6.61 Å². The van der Waals surface area contributed by atoms with E-state index < -0.39 is 0 Å². The van der Waals surface area contributed by atoms with Gasteiger partial charge in [0, 0.05) is 30.4 Å². The summed E-state index contributed by atoms with van der Waals surface area (Å²) >= 11 is 0. The fraction of sp³-hybridized carbons (Fsp3) is 0.769. The molecule has 1 aliphatic rings. The van der Waals surface area contributed by atoms with Crippen LogP contribution < -0.4 is 5.32 Å². The number of fused-ring (bicyclic) bond motifs is 1. The lowest BCUT2D eigenvalue weighted by molar-refractivity contribution is 0.194. The molecule has 2 rings (SSSR count). The van der Waals surface area contributed by atoms with Gasteiger partial charge in [-0.1, -0.05) is 13.8 Å². The number of aryl methyl sites for hydroxylation is 1. The highest BCUT2D eigenvalue weighted by molar-refractivity contribution is 5.24. The van der Waals surface area contributed by atoms with E-state index in [4.69, 9.17) is 0 Å². The Hall–Kier alpha value is -0.870. The van der Waals surface area contributed by atoms with Gasteiger partial charge in [-0.05, 0) is 25.2 Å². The first kappa shape index (κ1) is 12.6. The van der Waals surface area contributed by atoms with Crippen LogP contribution in [0.25, 0.3) is 0 Å². The molecule has 1 heterocycles. The minimum atomic E-state index is 0.172. The van der Waals surface area contributed by atoms with E-state index in [9.17, 15) is 5.11 Å². The van der Waals surface area contributed by atoms with Crippen molar-refractivity contribution in [3.8, 4) is 0 Å². The second-order valence-corrected chi connectivity index (χ2v) is 5.31. The Morgan fingerprint density at radius 1 is 1.59 bits per heavy atom. The molecule has 17 heavy (non-hydrogen) atoms. The van der Waals surface area contributed by atoms with Crippen molar-refractivity contribution in [1.29, 1.82) is 0 Å². The zero-order valence-corrected chi connectivity index (χ0v) is 11.0. The summed E-state index contributed by atoms with van der Waals surface area (Å²) in [6.07, 6.45) is 5.43. The lowest BCUT2D eigenvalue weighted by Crippen LogP contribution is -2.40. The lowest BCUT2D eigenvalue weighted by Gasteiger charge is -2.29. The molecule has 1 aliphatic carbocycles. The summed E-state index contributed by atoms with van der Waals surface area (Å²) in [6.45, 7) is 4.48. The average molecular weight is 237 g/mol. The van der Waals surface area contributed by atoms with Crippen molar-refractivity contribution in [3.63, 3.8) is 0 Å². The van der Waals surface area contributed by atoms with Crippen LogP contribution in [0.15, 0.2) is 6.20 Å². The number of aliphatic hydroxyl groups excluding tert-OH is 1. The van der Waals surface area contributed by atoms with Gasteiger partial charge in [0.2, 0.25) is 0 Å². The zero-order valence-electron chi connectivity index (χ0n) is 11.0. The van der Waals surface area contributed by atoms with Gasteiger partial charge in [-0.15, -0.1) is 0 Å². The van der Waals surface area contributed by atoms with Gasteiger partial charge in [-0.25, -0.2) is 0 Å². The van der Waals surface area contributed by atoms with E-state index >= 15 is 0 Å². The molecule has 0 spiro atoms. The number of aliphatic hydroxyl groups is 1. The molecule has 0 fully saturated rings. The molecule has 1 aromatic heterocycles. The van der Waals surface area contributed by atoms with Crippen LogP contribution in [0.4, 0.5) is 0 Å². The van der Waals surface area contributed by atoms with Crippen molar-refractivity contribution < 1.29 is 5.11 Å². The molecular formula is C13H23N3O. The minimum Gasteiger partial charge on any atom is -0.395 e. The smallest absolute Gasteiger partial charge is 0.0587 e. The Balaban J connectivity index is 2.13. The van der Waals surface area contributed by atoms with Gasteiger partial charge < -0.3 is 10.4 Å². The van der Waals surface area contributed by atoms with Crippen LogP contribution in [-0.4, -0.2) is 27.5 Å². The molecule has 2 N–H and O–H groups in total. The average Bonchev–Trinajstić information content (AvgIpc) is 2.69. The van der Waals surface area contributed by atoms with Crippen LogP contribution in [0.3, 0.4) is 0 Å². The third-order valence-corrected chi connectivity index (χ3v) is 3.79.